The fraction of sp³-hybridized carbons (Fsp3) is 0.417. The summed E-state index contributed by atoms with van der Waals surface area (Å²) in [4.78, 5) is 0.502. The van der Waals surface area contributed by atoms with Gasteiger partial charge in [0.2, 0.25) is 0 Å². The number of benzene rings is 1. The van der Waals surface area contributed by atoms with E-state index in [4.69, 9.17) is 27.4 Å². The van der Waals surface area contributed by atoms with E-state index in [1.165, 1.54) is 0 Å². The highest BCUT2D eigenvalue weighted by Crippen LogP contribution is 2.13. The second-order valence-corrected chi connectivity index (χ2v) is 4.17. The van der Waals surface area contributed by atoms with Crippen LogP contribution in [0.3, 0.4) is 0 Å². The molecule has 0 aliphatic heterocycles. The van der Waals surface area contributed by atoms with E-state index in [0.717, 1.165) is 11.3 Å². The highest BCUT2D eigenvalue weighted by atomic mass is 32.1. The Morgan fingerprint density at radius 1 is 1.38 bits per heavy atom. The van der Waals surface area contributed by atoms with Gasteiger partial charge in [-0.1, -0.05) is 24.4 Å². The third-order valence-electron chi connectivity index (χ3n) is 2.19. The van der Waals surface area contributed by atoms with Crippen LogP contribution in [0.4, 0.5) is 0 Å². The van der Waals surface area contributed by atoms with Gasteiger partial charge in [-0.3, -0.25) is 0 Å². The molecule has 1 rings (SSSR count). The van der Waals surface area contributed by atoms with Crippen LogP contribution in [0, 0.1) is 0 Å². The number of methoxy groups -OCH3 is 1. The van der Waals surface area contributed by atoms with Crippen LogP contribution in [0.5, 0.6) is 5.75 Å². The molecular weight excluding hydrogens is 222 g/mol. The molecule has 4 heteroatoms. The van der Waals surface area contributed by atoms with Gasteiger partial charge in [-0.25, -0.2) is 0 Å². The van der Waals surface area contributed by atoms with Crippen LogP contribution in [0.1, 0.15) is 12.5 Å². The minimum absolute atomic E-state index is 0.0938. The van der Waals surface area contributed by atoms with Gasteiger partial charge < -0.3 is 15.2 Å². The molecule has 0 saturated heterocycles. The Labute approximate surface area is 102 Å². The maximum absolute atomic E-state index is 5.53. The molecule has 0 fully saturated rings. The molecule has 0 heterocycles. The largest absolute Gasteiger partial charge is 0.491 e. The number of hydrogen-bond acceptors (Lipinski definition) is 3. The summed E-state index contributed by atoms with van der Waals surface area (Å²) in [5.41, 5.74) is 6.56. The first-order chi connectivity index (χ1) is 7.61. The third-order valence-corrected chi connectivity index (χ3v) is 2.33. The van der Waals surface area contributed by atoms with Crippen molar-refractivity contribution in [3.63, 3.8) is 0 Å². The van der Waals surface area contributed by atoms with Gasteiger partial charge in [0.1, 0.15) is 12.4 Å². The zero-order valence-electron chi connectivity index (χ0n) is 9.60. The van der Waals surface area contributed by atoms with Gasteiger partial charge in [-0.2, -0.15) is 0 Å². The van der Waals surface area contributed by atoms with Gasteiger partial charge in [0, 0.05) is 13.5 Å². The third kappa shape index (κ3) is 4.59. The molecule has 1 unspecified atom stereocenters. The molecule has 0 amide bonds. The predicted molar refractivity (Wildman–Crippen MR) is 68.9 cm³/mol. The van der Waals surface area contributed by atoms with E-state index in [-0.39, 0.29) is 6.10 Å². The maximum atomic E-state index is 5.53. The molecule has 16 heavy (non-hydrogen) atoms. The van der Waals surface area contributed by atoms with E-state index in [2.05, 4.69) is 0 Å². The monoisotopic (exact) mass is 239 g/mol. The van der Waals surface area contributed by atoms with Crippen molar-refractivity contribution < 1.29 is 9.47 Å². The van der Waals surface area contributed by atoms with Gasteiger partial charge >= 0.3 is 0 Å². The Balaban J connectivity index is 2.48. The minimum Gasteiger partial charge on any atom is -0.491 e. The van der Waals surface area contributed by atoms with Crippen LogP contribution in [0.25, 0.3) is 0 Å². The van der Waals surface area contributed by atoms with Gasteiger partial charge in [-0.15, -0.1) is 0 Å². The van der Waals surface area contributed by atoms with Gasteiger partial charge in [0.05, 0.1) is 11.1 Å². The molecule has 0 aliphatic rings. The van der Waals surface area contributed by atoms with E-state index in [1.807, 2.05) is 31.2 Å². The SMILES string of the molecule is COC(C)COc1ccc(CC(N)=S)cc1. The molecule has 0 bridgehead atoms. The molecule has 1 aromatic rings. The second-order valence-electron chi connectivity index (χ2n) is 3.64. The summed E-state index contributed by atoms with van der Waals surface area (Å²) in [6.07, 6.45) is 0.723. The van der Waals surface area contributed by atoms with Crippen molar-refractivity contribution in [1.29, 1.82) is 0 Å². The molecule has 3 nitrogen and oxygen atoms in total. The smallest absolute Gasteiger partial charge is 0.119 e. The fourth-order valence-electron chi connectivity index (χ4n) is 1.19. The Bertz CT molecular complexity index is 337. The molecule has 0 saturated carbocycles. The maximum Gasteiger partial charge on any atom is 0.119 e. The molecule has 88 valence electrons. The number of ether oxygens (including phenoxy) is 2. The quantitative estimate of drug-likeness (QED) is 0.770. The van der Waals surface area contributed by atoms with E-state index in [9.17, 15) is 0 Å². The van der Waals surface area contributed by atoms with Gasteiger partial charge in [-0.05, 0) is 24.6 Å². The molecule has 0 aromatic heterocycles. The molecular formula is C12H17NO2S. The highest BCUT2D eigenvalue weighted by Gasteiger charge is 2.01. The van der Waals surface area contributed by atoms with Crippen molar-refractivity contribution in [3.05, 3.63) is 29.8 Å². The topological polar surface area (TPSA) is 44.5 Å². The van der Waals surface area contributed by atoms with Crippen molar-refractivity contribution >= 4 is 17.2 Å². The molecule has 1 aromatic carbocycles. The van der Waals surface area contributed by atoms with Crippen LogP contribution in [-0.4, -0.2) is 24.8 Å². The van der Waals surface area contributed by atoms with Gasteiger partial charge in [0.25, 0.3) is 0 Å². The van der Waals surface area contributed by atoms with E-state index in [1.54, 1.807) is 7.11 Å². The van der Waals surface area contributed by atoms with Gasteiger partial charge in [0.15, 0.2) is 0 Å². The lowest BCUT2D eigenvalue weighted by molar-refractivity contribution is 0.0716. The summed E-state index contributed by atoms with van der Waals surface area (Å²) in [5.74, 6) is 0.829. The first kappa shape index (κ1) is 12.9. The minimum atomic E-state index is 0.0938. The van der Waals surface area contributed by atoms with Crippen LogP contribution >= 0.6 is 12.2 Å². The van der Waals surface area contributed by atoms with E-state index in [0.29, 0.717) is 18.0 Å². The normalized spacial score (nSPS) is 12.1. The summed E-state index contributed by atoms with van der Waals surface area (Å²) in [6.45, 7) is 2.51. The Kier molecular flexibility index (Phi) is 5.22. The number of thiocarbonyl (C=S) groups is 1. The first-order valence-electron chi connectivity index (χ1n) is 5.14. The number of nitrogens with two attached hydrogens (primary N) is 1. The average molecular weight is 239 g/mol. The summed E-state index contributed by atoms with van der Waals surface area (Å²) < 4.78 is 10.6. The molecule has 0 radical (unpaired) electrons. The standard InChI is InChI=1S/C12H17NO2S/c1-9(14-2)8-15-11-5-3-10(4-6-11)7-12(13)16/h3-6,9H,7-8H2,1-2H3,(H2,13,16). The lowest BCUT2D eigenvalue weighted by Gasteiger charge is -2.11. The van der Waals surface area contributed by atoms with E-state index < -0.39 is 0 Å². The summed E-state index contributed by atoms with van der Waals surface area (Å²) in [6, 6.07) is 7.75. The number of rotatable bonds is 6. The Morgan fingerprint density at radius 2 is 2.00 bits per heavy atom. The van der Waals surface area contributed by atoms with Crippen molar-refractivity contribution in [2.24, 2.45) is 5.73 Å². The van der Waals surface area contributed by atoms with Crippen molar-refractivity contribution in [1.82, 2.24) is 0 Å². The predicted octanol–water partition coefficient (Wildman–Crippen LogP) is 1.93. The van der Waals surface area contributed by atoms with Crippen molar-refractivity contribution in [2.75, 3.05) is 13.7 Å². The highest BCUT2D eigenvalue weighted by molar-refractivity contribution is 7.80. The van der Waals surface area contributed by atoms with Crippen LogP contribution in [-0.2, 0) is 11.2 Å². The lowest BCUT2D eigenvalue weighted by atomic mass is 10.1. The fourth-order valence-corrected chi connectivity index (χ4v) is 1.35. The summed E-state index contributed by atoms with van der Waals surface area (Å²) >= 11 is 4.84. The van der Waals surface area contributed by atoms with Crippen LogP contribution in [0.2, 0.25) is 0 Å². The molecule has 1 atom stereocenters. The summed E-state index contributed by atoms with van der Waals surface area (Å²) in [7, 11) is 1.67. The summed E-state index contributed by atoms with van der Waals surface area (Å²) in [5, 5.41) is 0. The lowest BCUT2D eigenvalue weighted by Crippen LogP contribution is -2.16. The number of hydrogen-bond donors (Lipinski definition) is 1. The molecule has 2 N–H and O–H groups in total. The van der Waals surface area contributed by atoms with Crippen molar-refractivity contribution in [3.8, 4) is 5.75 Å². The van der Waals surface area contributed by atoms with E-state index >= 15 is 0 Å². The zero-order chi connectivity index (χ0) is 12.0. The molecule has 0 aliphatic carbocycles. The Morgan fingerprint density at radius 3 is 2.50 bits per heavy atom. The Hall–Kier alpha value is -1.13. The molecule has 0 spiro atoms. The zero-order valence-corrected chi connectivity index (χ0v) is 10.4. The van der Waals surface area contributed by atoms with Crippen molar-refractivity contribution in [2.45, 2.75) is 19.4 Å². The second kappa shape index (κ2) is 6.45. The average Bonchev–Trinajstić information content (AvgIpc) is 2.27. The first-order valence-corrected chi connectivity index (χ1v) is 5.55. The van der Waals surface area contributed by atoms with Crippen LogP contribution in [0.15, 0.2) is 24.3 Å². The van der Waals surface area contributed by atoms with Crippen LogP contribution < -0.4 is 10.5 Å².